The van der Waals surface area contributed by atoms with Gasteiger partial charge in [-0.2, -0.15) is 0 Å². The van der Waals surface area contributed by atoms with E-state index in [-0.39, 0.29) is 5.91 Å². The van der Waals surface area contributed by atoms with Gasteiger partial charge in [0.05, 0.1) is 0 Å². The second-order valence-electron chi connectivity index (χ2n) is 11.4. The summed E-state index contributed by atoms with van der Waals surface area (Å²) in [6.07, 6.45) is 14.7. The molecule has 3 nitrogen and oxygen atoms in total. The molecular formula is C31H52N2O. The minimum absolute atomic E-state index is 0.168. The molecule has 1 aromatic carbocycles. The highest BCUT2D eigenvalue weighted by atomic mass is 16.2. The fraction of sp³-hybridized carbons (Fsp3) is 0.710. The Morgan fingerprint density at radius 3 is 1.97 bits per heavy atom. The molecule has 0 radical (unpaired) electrons. The Hall–Kier alpha value is -1.61. The number of piperazine rings is 1. The molecule has 0 aromatic heterocycles. The maximum Gasteiger partial charge on any atom is 0.253 e. The maximum atomic E-state index is 12.6. The van der Waals surface area contributed by atoms with Gasteiger partial charge in [-0.1, -0.05) is 102 Å². The lowest BCUT2D eigenvalue weighted by Gasteiger charge is -2.34. The zero-order valence-electron chi connectivity index (χ0n) is 22.9. The number of rotatable bonds is 15. The summed E-state index contributed by atoms with van der Waals surface area (Å²) < 4.78 is 0. The van der Waals surface area contributed by atoms with Crippen LogP contribution in [-0.4, -0.2) is 48.4 Å². The van der Waals surface area contributed by atoms with E-state index in [9.17, 15) is 4.79 Å². The van der Waals surface area contributed by atoms with Crippen LogP contribution in [0.4, 0.5) is 0 Å². The Labute approximate surface area is 211 Å². The van der Waals surface area contributed by atoms with E-state index < -0.39 is 0 Å². The first-order chi connectivity index (χ1) is 16.3. The molecule has 0 saturated carbocycles. The minimum Gasteiger partial charge on any atom is -0.336 e. The van der Waals surface area contributed by atoms with Gasteiger partial charge in [-0.05, 0) is 49.7 Å². The number of allylic oxidation sites excluding steroid dienone is 1. The first-order valence-electron chi connectivity index (χ1n) is 14.1. The van der Waals surface area contributed by atoms with Gasteiger partial charge in [0.2, 0.25) is 0 Å². The van der Waals surface area contributed by atoms with Gasteiger partial charge < -0.3 is 4.90 Å². The van der Waals surface area contributed by atoms with Crippen LogP contribution in [0.2, 0.25) is 0 Å². The quantitative estimate of drug-likeness (QED) is 0.245. The summed E-state index contributed by atoms with van der Waals surface area (Å²) >= 11 is 0. The Morgan fingerprint density at radius 2 is 1.38 bits per heavy atom. The lowest BCUT2D eigenvalue weighted by atomic mass is 9.91. The molecule has 0 N–H and O–H groups in total. The van der Waals surface area contributed by atoms with Gasteiger partial charge in [0.1, 0.15) is 0 Å². The molecule has 0 aliphatic carbocycles. The lowest BCUT2D eigenvalue weighted by molar-refractivity contribution is 0.0650. The second-order valence-corrected chi connectivity index (χ2v) is 11.4. The van der Waals surface area contributed by atoms with Crippen molar-refractivity contribution in [3.63, 3.8) is 0 Å². The van der Waals surface area contributed by atoms with Gasteiger partial charge in [-0.25, -0.2) is 0 Å². The smallest absolute Gasteiger partial charge is 0.253 e. The first kappa shape index (κ1) is 28.6. The van der Waals surface area contributed by atoms with Crippen molar-refractivity contribution in [1.82, 2.24) is 9.80 Å². The Balaban J connectivity index is 1.53. The van der Waals surface area contributed by atoms with E-state index in [0.717, 1.165) is 56.0 Å². The fourth-order valence-electron chi connectivity index (χ4n) is 4.99. The second kappa shape index (κ2) is 16.1. The van der Waals surface area contributed by atoms with Crippen molar-refractivity contribution >= 4 is 5.91 Å². The van der Waals surface area contributed by atoms with Crippen molar-refractivity contribution in [2.24, 2.45) is 17.8 Å². The zero-order chi connectivity index (χ0) is 24.8. The molecule has 192 valence electrons. The van der Waals surface area contributed by atoms with E-state index in [4.69, 9.17) is 0 Å². The highest BCUT2D eigenvalue weighted by molar-refractivity contribution is 5.94. The van der Waals surface area contributed by atoms with E-state index in [1.54, 1.807) is 0 Å². The van der Waals surface area contributed by atoms with Gasteiger partial charge in [0, 0.05) is 38.3 Å². The standard InChI is InChI=1S/C31H52N2O/c1-26(2)12-9-13-27(3)14-10-15-28(4)16-11-17-29(5)20-21-32-22-24-33(25-23-32)31(34)30-18-7-6-8-19-30/h6-8,18-20,26-28H,9-17,21-25H2,1-5H3. The molecule has 1 heterocycles. The predicted octanol–water partition coefficient (Wildman–Crippen LogP) is 7.83. The molecule has 1 aliphatic heterocycles. The number of nitrogens with zero attached hydrogens (tertiary/aromatic N) is 2. The van der Waals surface area contributed by atoms with Crippen LogP contribution in [-0.2, 0) is 0 Å². The third kappa shape index (κ3) is 11.7. The van der Waals surface area contributed by atoms with Crippen molar-refractivity contribution in [3.8, 4) is 0 Å². The first-order valence-corrected chi connectivity index (χ1v) is 14.1. The highest BCUT2D eigenvalue weighted by Gasteiger charge is 2.21. The lowest BCUT2D eigenvalue weighted by Crippen LogP contribution is -2.48. The van der Waals surface area contributed by atoms with Crippen LogP contribution in [0.1, 0.15) is 103 Å². The number of carbonyl (C=O) groups excluding carboxylic acids is 1. The summed E-state index contributed by atoms with van der Waals surface area (Å²) in [5, 5.41) is 0. The fourth-order valence-corrected chi connectivity index (χ4v) is 4.99. The number of amides is 1. The van der Waals surface area contributed by atoms with E-state index in [1.165, 1.54) is 63.4 Å². The number of carbonyl (C=O) groups is 1. The van der Waals surface area contributed by atoms with E-state index in [1.807, 2.05) is 35.2 Å². The molecule has 1 aromatic rings. The van der Waals surface area contributed by atoms with E-state index in [0.29, 0.717) is 0 Å². The third-order valence-electron chi connectivity index (χ3n) is 7.52. The molecule has 2 atom stereocenters. The average Bonchev–Trinajstić information content (AvgIpc) is 2.83. The van der Waals surface area contributed by atoms with Crippen LogP contribution in [0, 0.1) is 17.8 Å². The van der Waals surface area contributed by atoms with Crippen LogP contribution in [0.25, 0.3) is 0 Å². The minimum atomic E-state index is 0.168. The van der Waals surface area contributed by atoms with Crippen molar-refractivity contribution < 1.29 is 4.79 Å². The van der Waals surface area contributed by atoms with Crippen LogP contribution in [0.3, 0.4) is 0 Å². The summed E-state index contributed by atoms with van der Waals surface area (Å²) in [5.74, 6) is 2.77. The highest BCUT2D eigenvalue weighted by Crippen LogP contribution is 2.22. The summed E-state index contributed by atoms with van der Waals surface area (Å²) in [6.45, 7) is 16.5. The van der Waals surface area contributed by atoms with Crippen LogP contribution >= 0.6 is 0 Å². The molecule has 0 spiro atoms. The molecular weight excluding hydrogens is 416 g/mol. The van der Waals surface area contributed by atoms with Crippen molar-refractivity contribution in [3.05, 3.63) is 47.5 Å². The summed E-state index contributed by atoms with van der Waals surface area (Å²) in [7, 11) is 0. The molecule has 1 aliphatic rings. The Kier molecular flexibility index (Phi) is 13.6. The molecule has 3 heteroatoms. The predicted molar refractivity (Wildman–Crippen MR) is 147 cm³/mol. The SMILES string of the molecule is CC(=CCN1CCN(C(=O)c2ccccc2)CC1)CCCC(C)CCCC(C)CCCC(C)C. The van der Waals surface area contributed by atoms with E-state index in [2.05, 4.69) is 45.6 Å². The summed E-state index contributed by atoms with van der Waals surface area (Å²) in [5.41, 5.74) is 2.32. The van der Waals surface area contributed by atoms with Crippen molar-refractivity contribution in [1.29, 1.82) is 0 Å². The van der Waals surface area contributed by atoms with Gasteiger partial charge in [-0.3, -0.25) is 9.69 Å². The number of hydrogen-bond donors (Lipinski definition) is 0. The normalized spacial score (nSPS) is 17.2. The molecule has 0 bridgehead atoms. The largest absolute Gasteiger partial charge is 0.336 e. The number of benzene rings is 1. The van der Waals surface area contributed by atoms with Crippen LogP contribution in [0.5, 0.6) is 0 Å². The van der Waals surface area contributed by atoms with Gasteiger partial charge in [-0.15, -0.1) is 0 Å². The topological polar surface area (TPSA) is 23.6 Å². The number of hydrogen-bond acceptors (Lipinski definition) is 2. The molecule has 1 amide bonds. The molecule has 34 heavy (non-hydrogen) atoms. The van der Waals surface area contributed by atoms with Gasteiger partial charge in [0.15, 0.2) is 0 Å². The summed E-state index contributed by atoms with van der Waals surface area (Å²) in [6, 6.07) is 9.66. The van der Waals surface area contributed by atoms with Gasteiger partial charge in [0.25, 0.3) is 5.91 Å². The maximum absolute atomic E-state index is 12.6. The average molecular weight is 469 g/mol. The zero-order valence-corrected chi connectivity index (χ0v) is 22.9. The Bertz CT molecular complexity index is 703. The van der Waals surface area contributed by atoms with Crippen molar-refractivity contribution in [2.45, 2.75) is 92.4 Å². The van der Waals surface area contributed by atoms with Gasteiger partial charge >= 0.3 is 0 Å². The monoisotopic (exact) mass is 468 g/mol. The van der Waals surface area contributed by atoms with Crippen LogP contribution in [0.15, 0.2) is 42.0 Å². The third-order valence-corrected chi connectivity index (χ3v) is 7.52. The summed E-state index contributed by atoms with van der Waals surface area (Å²) in [4.78, 5) is 17.1. The van der Waals surface area contributed by atoms with Crippen LogP contribution < -0.4 is 0 Å². The van der Waals surface area contributed by atoms with E-state index >= 15 is 0 Å². The Morgan fingerprint density at radius 1 is 0.824 bits per heavy atom. The van der Waals surface area contributed by atoms with Crippen molar-refractivity contribution in [2.75, 3.05) is 32.7 Å². The molecule has 1 fully saturated rings. The molecule has 2 unspecified atom stereocenters. The molecule has 2 rings (SSSR count). The molecule has 1 saturated heterocycles.